The Morgan fingerprint density at radius 3 is 2.61 bits per heavy atom. The second-order valence-electron chi connectivity index (χ2n) is 6.84. The molecule has 11 heteroatoms. The van der Waals surface area contributed by atoms with Gasteiger partial charge in [0.05, 0.1) is 40.2 Å². The number of anilines is 1. The van der Waals surface area contributed by atoms with Gasteiger partial charge in [-0.15, -0.1) is 0 Å². The van der Waals surface area contributed by atoms with Gasteiger partial charge in [0.1, 0.15) is 5.92 Å². The van der Waals surface area contributed by atoms with Crippen LogP contribution < -0.4 is 10.6 Å². The number of rotatable bonds is 6. The summed E-state index contributed by atoms with van der Waals surface area (Å²) in [5.41, 5.74) is 1.20. The van der Waals surface area contributed by atoms with Crippen molar-refractivity contribution >= 4 is 78.7 Å². The SMILES string of the molecule is COC(=O)[C@H]1C(=O)NC(SCC(=O)Nc2ccc(Br)cc2Cl)=C(C#N)[C@H]1c1cccc(Br)c1. The normalized spacial score (nSPS) is 17.7. The molecule has 0 aliphatic carbocycles. The van der Waals surface area contributed by atoms with Crippen molar-refractivity contribution < 1.29 is 19.1 Å². The highest BCUT2D eigenvalue weighted by atomic mass is 79.9. The maximum Gasteiger partial charge on any atom is 0.319 e. The third-order valence-corrected chi connectivity index (χ3v) is 7.06. The maximum atomic E-state index is 12.8. The number of benzene rings is 2. The van der Waals surface area contributed by atoms with E-state index in [0.29, 0.717) is 16.3 Å². The summed E-state index contributed by atoms with van der Waals surface area (Å²) in [4.78, 5) is 37.8. The van der Waals surface area contributed by atoms with Crippen LogP contribution in [-0.2, 0) is 19.1 Å². The Kier molecular flexibility index (Phi) is 8.59. The number of thioether (sulfide) groups is 1. The summed E-state index contributed by atoms with van der Waals surface area (Å²) in [6.45, 7) is 0. The van der Waals surface area contributed by atoms with Crippen LogP contribution >= 0.6 is 55.2 Å². The predicted octanol–water partition coefficient (Wildman–Crippen LogP) is 4.97. The molecule has 2 N–H and O–H groups in total. The highest BCUT2D eigenvalue weighted by Gasteiger charge is 2.44. The van der Waals surface area contributed by atoms with Crippen LogP contribution in [-0.4, -0.2) is 30.6 Å². The first-order chi connectivity index (χ1) is 15.7. The van der Waals surface area contributed by atoms with Crippen LogP contribution in [0, 0.1) is 17.2 Å². The lowest BCUT2D eigenvalue weighted by Gasteiger charge is -2.31. The summed E-state index contributed by atoms with van der Waals surface area (Å²) in [6.07, 6.45) is 0. The van der Waals surface area contributed by atoms with E-state index >= 15 is 0 Å². The minimum Gasteiger partial charge on any atom is -0.468 e. The van der Waals surface area contributed by atoms with Gasteiger partial charge in [-0.1, -0.05) is 67.4 Å². The molecule has 170 valence electrons. The standard InChI is InChI=1S/C22H16Br2ClN3O4S/c1-32-22(31)19-18(11-3-2-4-12(23)7-11)14(9-26)21(28-20(19)30)33-10-17(29)27-16-6-5-13(24)8-15(16)25/h2-8,18-19H,10H2,1H3,(H,27,29)(H,28,30)/t18-,19-/m1/s1. The lowest BCUT2D eigenvalue weighted by Crippen LogP contribution is -2.44. The van der Waals surface area contributed by atoms with Crippen LogP contribution in [0.2, 0.25) is 5.02 Å². The van der Waals surface area contributed by atoms with E-state index in [9.17, 15) is 19.6 Å². The van der Waals surface area contributed by atoms with Gasteiger partial charge in [-0.3, -0.25) is 14.4 Å². The zero-order chi connectivity index (χ0) is 24.1. The number of nitrogens with one attached hydrogen (secondary N) is 2. The molecule has 0 saturated carbocycles. The van der Waals surface area contributed by atoms with E-state index in [-0.39, 0.29) is 22.3 Å². The van der Waals surface area contributed by atoms with E-state index in [1.807, 2.05) is 0 Å². The molecule has 2 amide bonds. The summed E-state index contributed by atoms with van der Waals surface area (Å²) in [6, 6.07) is 14.2. The summed E-state index contributed by atoms with van der Waals surface area (Å²) in [5, 5.41) is 15.8. The second-order valence-corrected chi connectivity index (χ2v) is 10.1. The first-order valence-corrected chi connectivity index (χ1v) is 12.4. The predicted molar refractivity (Wildman–Crippen MR) is 133 cm³/mol. The lowest BCUT2D eigenvalue weighted by molar-refractivity contribution is -0.150. The molecule has 0 spiro atoms. The number of methoxy groups -OCH3 is 1. The van der Waals surface area contributed by atoms with Gasteiger partial charge in [0.15, 0.2) is 0 Å². The molecular formula is C22H16Br2ClN3O4S. The fourth-order valence-electron chi connectivity index (χ4n) is 3.29. The minimum atomic E-state index is -1.24. The molecule has 1 aliphatic heterocycles. The highest BCUT2D eigenvalue weighted by molar-refractivity contribution is 9.10. The van der Waals surface area contributed by atoms with Crippen LogP contribution in [0.1, 0.15) is 11.5 Å². The molecule has 0 saturated heterocycles. The highest BCUT2D eigenvalue weighted by Crippen LogP contribution is 2.40. The Hall–Kier alpha value is -2.32. The average molecular weight is 614 g/mol. The van der Waals surface area contributed by atoms with E-state index in [1.54, 1.807) is 42.5 Å². The van der Waals surface area contributed by atoms with Crippen LogP contribution in [0.25, 0.3) is 0 Å². The monoisotopic (exact) mass is 611 g/mol. The van der Waals surface area contributed by atoms with Crippen molar-refractivity contribution in [2.24, 2.45) is 5.92 Å². The first-order valence-electron chi connectivity index (χ1n) is 9.41. The van der Waals surface area contributed by atoms with Gasteiger partial charge in [0.2, 0.25) is 11.8 Å². The smallest absolute Gasteiger partial charge is 0.319 e. The molecule has 3 rings (SSSR count). The third kappa shape index (κ3) is 5.98. The number of allylic oxidation sites excluding steroid dienone is 1. The Labute approximate surface area is 216 Å². The third-order valence-electron chi connectivity index (χ3n) is 4.74. The summed E-state index contributed by atoms with van der Waals surface area (Å²) < 4.78 is 6.32. The zero-order valence-corrected chi connectivity index (χ0v) is 21.8. The van der Waals surface area contributed by atoms with Gasteiger partial charge < -0.3 is 15.4 Å². The minimum absolute atomic E-state index is 0.0960. The Bertz CT molecular complexity index is 1200. The fourth-order valence-corrected chi connectivity index (χ4v) is 5.28. The number of nitriles is 1. The van der Waals surface area contributed by atoms with Gasteiger partial charge in [-0.05, 0) is 35.9 Å². The number of carbonyl (C=O) groups is 3. The topological polar surface area (TPSA) is 108 Å². The molecule has 1 aliphatic rings. The van der Waals surface area contributed by atoms with Gasteiger partial charge in [-0.2, -0.15) is 5.26 Å². The summed E-state index contributed by atoms with van der Waals surface area (Å²) >= 11 is 13.8. The first kappa shape index (κ1) is 25.3. The van der Waals surface area contributed by atoms with Crippen molar-refractivity contribution in [1.82, 2.24) is 5.32 Å². The van der Waals surface area contributed by atoms with Crippen LogP contribution in [0.3, 0.4) is 0 Å². The van der Waals surface area contributed by atoms with Crippen molar-refractivity contribution in [1.29, 1.82) is 5.26 Å². The van der Waals surface area contributed by atoms with Crippen molar-refractivity contribution in [2.45, 2.75) is 5.92 Å². The number of halogens is 3. The Morgan fingerprint density at radius 1 is 1.24 bits per heavy atom. The average Bonchev–Trinajstić information content (AvgIpc) is 2.78. The number of nitrogens with zero attached hydrogens (tertiary/aromatic N) is 1. The van der Waals surface area contributed by atoms with E-state index in [0.717, 1.165) is 20.7 Å². The van der Waals surface area contributed by atoms with Crippen molar-refractivity contribution in [3.63, 3.8) is 0 Å². The van der Waals surface area contributed by atoms with Gasteiger partial charge in [-0.25, -0.2) is 0 Å². The molecule has 2 atom stereocenters. The lowest BCUT2D eigenvalue weighted by atomic mass is 9.78. The summed E-state index contributed by atoms with van der Waals surface area (Å²) in [7, 11) is 1.19. The molecular weight excluding hydrogens is 598 g/mol. The van der Waals surface area contributed by atoms with E-state index in [4.69, 9.17) is 16.3 Å². The molecule has 2 aromatic carbocycles. The van der Waals surface area contributed by atoms with Crippen molar-refractivity contribution in [3.05, 3.63) is 72.6 Å². The quantitative estimate of drug-likeness (QED) is 0.352. The van der Waals surface area contributed by atoms with Crippen LogP contribution in [0.15, 0.2) is 62.0 Å². The second kappa shape index (κ2) is 11.2. The van der Waals surface area contributed by atoms with E-state index in [2.05, 4.69) is 48.6 Å². The molecule has 0 unspecified atom stereocenters. The molecule has 1 heterocycles. The number of hydrogen-bond acceptors (Lipinski definition) is 6. The maximum absolute atomic E-state index is 12.8. The number of esters is 1. The molecule has 7 nitrogen and oxygen atoms in total. The zero-order valence-electron chi connectivity index (χ0n) is 17.0. The molecule has 0 aromatic heterocycles. The molecule has 2 aromatic rings. The van der Waals surface area contributed by atoms with Crippen LogP contribution in [0.4, 0.5) is 5.69 Å². The Morgan fingerprint density at radius 2 is 1.97 bits per heavy atom. The van der Waals surface area contributed by atoms with Crippen molar-refractivity contribution in [2.75, 3.05) is 18.2 Å². The van der Waals surface area contributed by atoms with Gasteiger partial charge in [0, 0.05) is 14.9 Å². The fraction of sp³-hybridized carbons (Fsp3) is 0.182. The number of amides is 2. The van der Waals surface area contributed by atoms with Gasteiger partial charge >= 0.3 is 5.97 Å². The summed E-state index contributed by atoms with van der Waals surface area (Å²) in [5.74, 6) is -3.93. The van der Waals surface area contributed by atoms with Crippen LogP contribution in [0.5, 0.6) is 0 Å². The van der Waals surface area contributed by atoms with E-state index < -0.39 is 23.7 Å². The van der Waals surface area contributed by atoms with Crippen molar-refractivity contribution in [3.8, 4) is 6.07 Å². The molecule has 33 heavy (non-hydrogen) atoms. The van der Waals surface area contributed by atoms with Gasteiger partial charge in [0.25, 0.3) is 0 Å². The Balaban J connectivity index is 1.89. The molecule has 0 fully saturated rings. The number of carbonyl (C=O) groups excluding carboxylic acids is 3. The van der Waals surface area contributed by atoms with E-state index in [1.165, 1.54) is 7.11 Å². The number of hydrogen-bond donors (Lipinski definition) is 2. The molecule has 0 bridgehead atoms. The molecule has 0 radical (unpaired) electrons. The largest absolute Gasteiger partial charge is 0.468 e. The number of ether oxygens (including phenoxy) is 1.